The Kier molecular flexibility index (Phi) is 16.6. The number of aliphatic hydroxyl groups is 1. The zero-order valence-electron chi connectivity index (χ0n) is 35.1. The monoisotopic (exact) mass is 956 g/mol. The van der Waals surface area contributed by atoms with E-state index in [-0.39, 0.29) is 65.6 Å². The number of alkyl halides is 3. The molecule has 307 valence electrons. The van der Waals surface area contributed by atoms with Gasteiger partial charge in [0.1, 0.15) is 6.33 Å². The maximum Gasteiger partial charge on any atom is 0.417 e. The summed E-state index contributed by atoms with van der Waals surface area (Å²) in [6.45, 7) is 21.0. The van der Waals surface area contributed by atoms with Crippen LogP contribution in [0.1, 0.15) is 112 Å². The van der Waals surface area contributed by atoms with Crippen molar-refractivity contribution in [3.8, 4) is 33.6 Å². The molecule has 4 nitrogen and oxygen atoms in total. The molecule has 1 radical (unpaired) electrons. The van der Waals surface area contributed by atoms with E-state index in [0.29, 0.717) is 11.3 Å². The predicted octanol–water partition coefficient (Wildman–Crippen LogP) is 14.2. The first-order valence-corrected chi connectivity index (χ1v) is 19.8. The molecule has 0 aliphatic rings. The van der Waals surface area contributed by atoms with E-state index in [1.165, 1.54) is 24.5 Å². The molecule has 0 aliphatic carbocycles. The van der Waals surface area contributed by atoms with Gasteiger partial charge in [0.25, 0.3) is 0 Å². The standard InChI is InChI=1S/C36H34F3N2.C13H24O2.Ir/c1-34(2,3)21-23-11-13-24(14-12-23)25-15-16-29(31(18-25)36(37,38)39)33-20-32(40-22-41-33)27-17-26-9-7-8-10-28(26)30(19-27)35(4,5)6;1-5-10(6-2)12(14)9-13(15)11(7-3)8-4;/h7-16,18-20,22H,21H2,1-6H3;9-11,14H,5-8H2,1-4H3;/q-1;;/b;12-9-;. The molecule has 5 rings (SSSR count). The van der Waals surface area contributed by atoms with E-state index >= 15 is 0 Å². The molecule has 5 aromatic rings. The van der Waals surface area contributed by atoms with Crippen LogP contribution in [0.2, 0.25) is 0 Å². The summed E-state index contributed by atoms with van der Waals surface area (Å²) < 4.78 is 43.2. The van der Waals surface area contributed by atoms with Crippen LogP contribution in [0, 0.1) is 23.3 Å². The summed E-state index contributed by atoms with van der Waals surface area (Å²) in [5, 5.41) is 11.8. The molecular weight excluding hydrogens is 898 g/mol. The summed E-state index contributed by atoms with van der Waals surface area (Å²) in [6.07, 6.45) is 2.56. The van der Waals surface area contributed by atoms with Gasteiger partial charge in [0, 0.05) is 49.3 Å². The minimum absolute atomic E-state index is 0. The molecule has 0 saturated heterocycles. The Morgan fingerprint density at radius 3 is 1.88 bits per heavy atom. The van der Waals surface area contributed by atoms with Gasteiger partial charge in [0.15, 0.2) is 5.78 Å². The third-order valence-corrected chi connectivity index (χ3v) is 10.2. The molecule has 0 amide bonds. The summed E-state index contributed by atoms with van der Waals surface area (Å²) in [6, 6.07) is 27.3. The van der Waals surface area contributed by atoms with Gasteiger partial charge in [-0.2, -0.15) is 13.2 Å². The first-order chi connectivity index (χ1) is 26.3. The van der Waals surface area contributed by atoms with Crippen LogP contribution >= 0.6 is 0 Å². The first kappa shape index (κ1) is 47.2. The van der Waals surface area contributed by atoms with Crippen molar-refractivity contribution in [3.63, 3.8) is 0 Å². The molecule has 4 aromatic carbocycles. The number of halogens is 3. The summed E-state index contributed by atoms with van der Waals surface area (Å²) in [4.78, 5) is 20.4. The van der Waals surface area contributed by atoms with Gasteiger partial charge in [0.05, 0.1) is 17.0 Å². The average molecular weight is 956 g/mol. The summed E-state index contributed by atoms with van der Waals surface area (Å²) in [5.41, 5.74) is 4.26. The van der Waals surface area contributed by atoms with Gasteiger partial charge < -0.3 is 5.11 Å². The molecule has 1 N–H and O–H groups in total. The van der Waals surface area contributed by atoms with E-state index in [1.54, 1.807) is 12.1 Å². The minimum atomic E-state index is -4.56. The Morgan fingerprint density at radius 1 is 0.737 bits per heavy atom. The van der Waals surface area contributed by atoms with Crippen molar-refractivity contribution in [1.82, 2.24) is 9.97 Å². The molecule has 57 heavy (non-hydrogen) atoms. The van der Waals surface area contributed by atoms with Gasteiger partial charge in [-0.3, -0.25) is 9.78 Å². The number of aromatic nitrogens is 2. The molecule has 0 bridgehead atoms. The van der Waals surface area contributed by atoms with Gasteiger partial charge in [-0.05, 0) is 71.8 Å². The number of carbonyl (C=O) groups is 1. The van der Waals surface area contributed by atoms with Crippen molar-refractivity contribution in [3.05, 3.63) is 120 Å². The Hall–Kier alpha value is -4.13. The number of carbonyl (C=O) groups excluding carboxylic acids is 1. The van der Waals surface area contributed by atoms with Crippen molar-refractivity contribution in [2.75, 3.05) is 0 Å². The van der Waals surface area contributed by atoms with Crippen molar-refractivity contribution >= 4 is 16.6 Å². The van der Waals surface area contributed by atoms with Crippen LogP contribution in [0.25, 0.3) is 44.4 Å². The van der Waals surface area contributed by atoms with E-state index in [1.807, 2.05) is 76.2 Å². The maximum absolute atomic E-state index is 14.4. The van der Waals surface area contributed by atoms with Crippen molar-refractivity contribution < 1.29 is 43.2 Å². The normalized spacial score (nSPS) is 12.4. The zero-order chi connectivity index (χ0) is 41.4. The van der Waals surface area contributed by atoms with Gasteiger partial charge in [-0.25, -0.2) is 4.98 Å². The van der Waals surface area contributed by atoms with Crippen LogP contribution in [0.15, 0.2) is 97.0 Å². The number of aliphatic hydroxyl groups excluding tert-OH is 1. The first-order valence-electron chi connectivity index (χ1n) is 19.8. The van der Waals surface area contributed by atoms with Crippen LogP contribution in [0.3, 0.4) is 0 Å². The Balaban J connectivity index is 0.000000464. The Bertz CT molecular complexity index is 2120. The van der Waals surface area contributed by atoms with Gasteiger partial charge in [-0.15, -0.1) is 29.1 Å². The number of benzene rings is 4. The third-order valence-electron chi connectivity index (χ3n) is 10.2. The summed E-state index contributed by atoms with van der Waals surface area (Å²) >= 11 is 0. The number of ketones is 1. The second-order valence-corrected chi connectivity index (χ2v) is 16.9. The summed E-state index contributed by atoms with van der Waals surface area (Å²) in [5.74, 6) is 0.547. The van der Waals surface area contributed by atoms with Crippen LogP contribution in [-0.2, 0) is 42.9 Å². The van der Waals surface area contributed by atoms with Gasteiger partial charge in [-0.1, -0.05) is 135 Å². The molecule has 1 aromatic heterocycles. The topological polar surface area (TPSA) is 63.1 Å². The fourth-order valence-corrected chi connectivity index (χ4v) is 7.03. The number of allylic oxidation sites excluding steroid dienone is 2. The molecule has 0 spiro atoms. The molecular formula is C49H58F3IrN2O2-. The quantitative estimate of drug-likeness (QED) is 0.0814. The SMILES string of the molecule is CC(C)(C)Cc1ccc(-c2ccc(-c3cc(-c4[c-]c5ccccc5c(C(C)(C)C)c4)ncn3)c(C(F)(F)F)c2)cc1.CCC(CC)C(=O)/C=C(\O)C(CC)CC.[Ir]. The number of hydrogen-bond acceptors (Lipinski definition) is 4. The number of fused-ring (bicyclic) bond motifs is 1. The Morgan fingerprint density at radius 2 is 1.32 bits per heavy atom. The fourth-order valence-electron chi connectivity index (χ4n) is 7.03. The Labute approximate surface area is 351 Å². The minimum Gasteiger partial charge on any atom is -0.512 e. The fraction of sp³-hybridized carbons (Fsp3) is 0.408. The predicted molar refractivity (Wildman–Crippen MR) is 225 cm³/mol. The van der Waals surface area contributed by atoms with E-state index in [4.69, 9.17) is 0 Å². The van der Waals surface area contributed by atoms with Crippen molar-refractivity contribution in [2.45, 2.75) is 113 Å². The molecule has 0 atom stereocenters. The van der Waals surface area contributed by atoms with E-state index < -0.39 is 11.7 Å². The van der Waals surface area contributed by atoms with Gasteiger partial charge >= 0.3 is 6.18 Å². The number of rotatable bonds is 11. The number of hydrogen-bond donors (Lipinski definition) is 1. The van der Waals surface area contributed by atoms with Crippen LogP contribution < -0.4 is 0 Å². The van der Waals surface area contributed by atoms with E-state index in [2.05, 4.69) is 63.6 Å². The van der Waals surface area contributed by atoms with Gasteiger partial charge in [0.2, 0.25) is 0 Å². The molecule has 8 heteroatoms. The zero-order valence-corrected chi connectivity index (χ0v) is 37.5. The maximum atomic E-state index is 14.4. The molecule has 0 saturated carbocycles. The van der Waals surface area contributed by atoms with Crippen LogP contribution in [-0.4, -0.2) is 20.9 Å². The molecule has 1 heterocycles. The van der Waals surface area contributed by atoms with E-state index in [0.717, 1.165) is 65.1 Å². The molecule has 0 unspecified atom stereocenters. The smallest absolute Gasteiger partial charge is 0.417 e. The average Bonchev–Trinajstić information content (AvgIpc) is 3.14. The largest absolute Gasteiger partial charge is 0.512 e. The van der Waals surface area contributed by atoms with Crippen LogP contribution in [0.4, 0.5) is 13.2 Å². The third kappa shape index (κ3) is 12.7. The molecule has 0 fully saturated rings. The van der Waals surface area contributed by atoms with Crippen molar-refractivity contribution in [2.24, 2.45) is 17.3 Å². The second-order valence-electron chi connectivity index (χ2n) is 16.9. The van der Waals surface area contributed by atoms with Crippen molar-refractivity contribution in [1.29, 1.82) is 0 Å². The summed E-state index contributed by atoms with van der Waals surface area (Å²) in [7, 11) is 0. The second kappa shape index (κ2) is 20.0. The van der Waals surface area contributed by atoms with Crippen LogP contribution in [0.5, 0.6) is 0 Å². The molecule has 0 aliphatic heterocycles. The van der Waals surface area contributed by atoms with E-state index in [9.17, 15) is 23.1 Å². The number of nitrogens with zero attached hydrogens (tertiary/aromatic N) is 2.